The second-order valence-electron chi connectivity index (χ2n) is 6.51. The van der Waals surface area contributed by atoms with Gasteiger partial charge in [0.1, 0.15) is 5.82 Å². The molecule has 0 bridgehead atoms. The number of carbonyl (C=O) groups excluding carboxylic acids is 2. The predicted octanol–water partition coefficient (Wildman–Crippen LogP) is 4.20. The minimum Gasteiger partial charge on any atom is -0.439 e. The van der Waals surface area contributed by atoms with E-state index in [2.05, 4.69) is 12.5 Å². The molecule has 1 saturated heterocycles. The van der Waals surface area contributed by atoms with Crippen LogP contribution in [0.2, 0.25) is 10.0 Å². The lowest BCUT2D eigenvalue weighted by Gasteiger charge is -2.29. The summed E-state index contributed by atoms with van der Waals surface area (Å²) in [4.78, 5) is 27.3. The minimum atomic E-state index is -1.83. The zero-order valence-electron chi connectivity index (χ0n) is 14.3. The van der Waals surface area contributed by atoms with E-state index in [4.69, 9.17) is 34.4 Å². The summed E-state index contributed by atoms with van der Waals surface area (Å²) in [5, 5.41) is 0.620. The van der Waals surface area contributed by atoms with Gasteiger partial charge in [-0.2, -0.15) is 0 Å². The lowest BCUT2D eigenvalue weighted by atomic mass is 9.76. The SMILES string of the molecule is C#CCN1C(=O)[C@]2(OC(=O)C(=C)[C@H]2c2ccc(Cl)cc2Cl)c2cc(F)ccc21. The maximum absolute atomic E-state index is 14.1. The van der Waals surface area contributed by atoms with Gasteiger partial charge in [0.25, 0.3) is 5.91 Å². The second-order valence-corrected chi connectivity index (χ2v) is 7.35. The van der Waals surface area contributed by atoms with Crippen LogP contribution in [0.1, 0.15) is 17.0 Å². The number of carbonyl (C=O) groups is 2. The van der Waals surface area contributed by atoms with Crippen LogP contribution in [0.5, 0.6) is 0 Å². The van der Waals surface area contributed by atoms with Gasteiger partial charge in [0, 0.05) is 21.2 Å². The highest BCUT2D eigenvalue weighted by atomic mass is 35.5. The van der Waals surface area contributed by atoms with E-state index in [1.165, 1.54) is 29.2 Å². The number of hydrogen-bond donors (Lipinski definition) is 0. The molecule has 2 aliphatic rings. The van der Waals surface area contributed by atoms with E-state index in [1.807, 2.05) is 0 Å². The Kier molecular flexibility index (Phi) is 4.22. The lowest BCUT2D eigenvalue weighted by Crippen LogP contribution is -2.44. The number of halogens is 3. The van der Waals surface area contributed by atoms with E-state index in [1.54, 1.807) is 12.1 Å². The molecule has 1 spiro atoms. The molecular formula is C21H12Cl2FNO3. The van der Waals surface area contributed by atoms with Crippen molar-refractivity contribution in [1.29, 1.82) is 0 Å². The van der Waals surface area contributed by atoms with Crippen LogP contribution in [0.25, 0.3) is 0 Å². The topological polar surface area (TPSA) is 46.6 Å². The first-order chi connectivity index (χ1) is 13.3. The quantitative estimate of drug-likeness (QED) is 0.419. The molecule has 1 fully saturated rings. The third-order valence-electron chi connectivity index (χ3n) is 5.01. The van der Waals surface area contributed by atoms with Crippen molar-refractivity contribution in [1.82, 2.24) is 0 Å². The number of fused-ring (bicyclic) bond motifs is 2. The third-order valence-corrected chi connectivity index (χ3v) is 5.57. The van der Waals surface area contributed by atoms with Crippen molar-refractivity contribution in [3.05, 3.63) is 75.5 Å². The number of amides is 1. The Hall–Kier alpha value is -2.81. The lowest BCUT2D eigenvalue weighted by molar-refractivity contribution is -0.157. The molecule has 0 saturated carbocycles. The van der Waals surface area contributed by atoms with Crippen LogP contribution in [-0.2, 0) is 19.9 Å². The average molecular weight is 416 g/mol. The summed E-state index contributed by atoms with van der Waals surface area (Å²) in [6.07, 6.45) is 5.41. The maximum Gasteiger partial charge on any atom is 0.335 e. The molecule has 0 aliphatic carbocycles. The number of esters is 1. The Balaban J connectivity index is 2.02. The summed E-state index contributed by atoms with van der Waals surface area (Å²) in [5.41, 5.74) is -0.791. The van der Waals surface area contributed by atoms with Gasteiger partial charge in [0.15, 0.2) is 0 Å². The summed E-state index contributed by atoms with van der Waals surface area (Å²) in [6, 6.07) is 8.49. The fourth-order valence-electron chi connectivity index (χ4n) is 3.87. The zero-order valence-corrected chi connectivity index (χ0v) is 15.9. The predicted molar refractivity (Wildman–Crippen MR) is 104 cm³/mol. The van der Waals surface area contributed by atoms with Crippen LogP contribution in [0.4, 0.5) is 10.1 Å². The highest BCUT2D eigenvalue weighted by Gasteiger charge is 2.65. The molecule has 4 nitrogen and oxygen atoms in total. The molecule has 2 aromatic carbocycles. The molecule has 7 heteroatoms. The van der Waals surface area contributed by atoms with Gasteiger partial charge in [-0.15, -0.1) is 6.42 Å². The van der Waals surface area contributed by atoms with Crippen molar-refractivity contribution in [3.63, 3.8) is 0 Å². The Morgan fingerprint density at radius 2 is 2.00 bits per heavy atom. The summed E-state index contributed by atoms with van der Waals surface area (Å²) < 4.78 is 19.7. The van der Waals surface area contributed by atoms with Gasteiger partial charge in [0.2, 0.25) is 5.60 Å². The Morgan fingerprint density at radius 3 is 2.68 bits per heavy atom. The molecule has 0 aromatic heterocycles. The van der Waals surface area contributed by atoms with Crippen LogP contribution in [0, 0.1) is 18.2 Å². The summed E-state index contributed by atoms with van der Waals surface area (Å²) >= 11 is 12.3. The number of rotatable bonds is 2. The van der Waals surface area contributed by atoms with Gasteiger partial charge >= 0.3 is 5.97 Å². The van der Waals surface area contributed by atoms with Crippen LogP contribution >= 0.6 is 23.2 Å². The first kappa shape index (κ1) is 18.5. The number of terminal acetylenes is 1. The molecule has 2 atom stereocenters. The number of anilines is 1. The van der Waals surface area contributed by atoms with E-state index in [0.717, 1.165) is 0 Å². The largest absolute Gasteiger partial charge is 0.439 e. The van der Waals surface area contributed by atoms with Crippen molar-refractivity contribution in [3.8, 4) is 12.3 Å². The van der Waals surface area contributed by atoms with Gasteiger partial charge in [-0.1, -0.05) is 41.8 Å². The molecule has 2 heterocycles. The van der Waals surface area contributed by atoms with Crippen molar-refractivity contribution in [2.24, 2.45) is 0 Å². The summed E-state index contributed by atoms with van der Waals surface area (Å²) in [7, 11) is 0. The molecule has 0 unspecified atom stereocenters. The maximum atomic E-state index is 14.1. The molecule has 2 aliphatic heterocycles. The van der Waals surface area contributed by atoms with Crippen molar-refractivity contribution in [2.75, 3.05) is 11.4 Å². The van der Waals surface area contributed by atoms with Gasteiger partial charge in [-0.25, -0.2) is 9.18 Å². The Morgan fingerprint density at radius 1 is 1.25 bits per heavy atom. The first-order valence-corrected chi connectivity index (χ1v) is 8.99. The smallest absolute Gasteiger partial charge is 0.335 e. The van der Waals surface area contributed by atoms with E-state index in [-0.39, 0.29) is 22.7 Å². The summed E-state index contributed by atoms with van der Waals surface area (Å²) in [5.74, 6) is -0.472. The van der Waals surface area contributed by atoms with Crippen molar-refractivity contribution < 1.29 is 18.7 Å². The summed E-state index contributed by atoms with van der Waals surface area (Å²) in [6.45, 7) is 3.74. The highest BCUT2D eigenvalue weighted by Crippen LogP contribution is 2.58. The van der Waals surface area contributed by atoms with Crippen molar-refractivity contribution in [2.45, 2.75) is 11.5 Å². The van der Waals surface area contributed by atoms with Crippen LogP contribution < -0.4 is 4.90 Å². The van der Waals surface area contributed by atoms with Gasteiger partial charge in [0.05, 0.1) is 18.2 Å². The van der Waals surface area contributed by atoms with Gasteiger partial charge in [-0.3, -0.25) is 9.69 Å². The highest BCUT2D eigenvalue weighted by molar-refractivity contribution is 6.35. The normalized spacial score (nSPS) is 23.1. The van der Waals surface area contributed by atoms with Gasteiger partial charge < -0.3 is 4.74 Å². The molecule has 2 aromatic rings. The third kappa shape index (κ3) is 2.39. The Labute approximate surface area is 170 Å². The van der Waals surface area contributed by atoms with E-state index in [9.17, 15) is 14.0 Å². The number of benzene rings is 2. The first-order valence-electron chi connectivity index (χ1n) is 8.23. The molecule has 28 heavy (non-hydrogen) atoms. The molecule has 4 rings (SSSR count). The van der Waals surface area contributed by atoms with Crippen LogP contribution in [0.3, 0.4) is 0 Å². The second kappa shape index (κ2) is 6.37. The fraction of sp³-hybridized carbons (Fsp3) is 0.143. The molecule has 1 amide bonds. The molecule has 140 valence electrons. The zero-order chi connectivity index (χ0) is 20.2. The minimum absolute atomic E-state index is 0.0374. The van der Waals surface area contributed by atoms with E-state index >= 15 is 0 Å². The number of hydrogen-bond acceptors (Lipinski definition) is 3. The monoisotopic (exact) mass is 415 g/mol. The Bertz CT molecular complexity index is 1110. The number of ether oxygens (including phenoxy) is 1. The van der Waals surface area contributed by atoms with E-state index < -0.39 is 29.2 Å². The van der Waals surface area contributed by atoms with Crippen molar-refractivity contribution >= 4 is 40.8 Å². The molecule has 0 N–H and O–H groups in total. The van der Waals surface area contributed by atoms with Gasteiger partial charge in [-0.05, 0) is 35.9 Å². The molecular weight excluding hydrogens is 404 g/mol. The average Bonchev–Trinajstić information content (AvgIpc) is 3.03. The molecule has 0 radical (unpaired) electrons. The standard InChI is InChI=1S/C21H12Cl2FNO3/c1-3-8-25-17-7-5-13(24)10-15(17)21(20(25)27)18(11(2)19(26)28-21)14-6-4-12(22)9-16(14)23/h1,4-7,9-10,18H,2,8H2/t18-,21-/m0/s1. The van der Waals surface area contributed by atoms with Crippen LogP contribution in [0.15, 0.2) is 48.6 Å². The van der Waals surface area contributed by atoms with Crippen LogP contribution in [-0.4, -0.2) is 18.4 Å². The number of nitrogens with zero attached hydrogens (tertiary/aromatic N) is 1. The van der Waals surface area contributed by atoms with E-state index in [0.29, 0.717) is 16.3 Å². The fourth-order valence-corrected chi connectivity index (χ4v) is 4.39.